The second-order valence-corrected chi connectivity index (χ2v) is 9.28. The molecule has 0 aliphatic carbocycles. The van der Waals surface area contributed by atoms with Crippen LogP contribution in [0.25, 0.3) is 0 Å². The summed E-state index contributed by atoms with van der Waals surface area (Å²) >= 11 is 0. The third-order valence-electron chi connectivity index (χ3n) is 6.72. The van der Waals surface area contributed by atoms with Gasteiger partial charge in [-0.3, -0.25) is 4.79 Å². The molecule has 0 amide bonds. The lowest BCUT2D eigenvalue weighted by molar-refractivity contribution is -0.137. The van der Waals surface area contributed by atoms with E-state index in [0.29, 0.717) is 23.4 Å². The SMILES string of the molecule is O=C(c1ccccc1)c1ccccc1N[C@@H](Cc1ccc(C#CCN2CCc3ccccc32)cc1)C(=O)O. The predicted octanol–water partition coefficient (Wildman–Crippen LogP) is 5.44. The normalized spacial score (nSPS) is 12.7. The summed E-state index contributed by atoms with van der Waals surface area (Å²) in [6.07, 6.45) is 1.32. The quantitative estimate of drug-likeness (QED) is 0.249. The van der Waals surface area contributed by atoms with Crippen LogP contribution in [0.5, 0.6) is 0 Å². The highest BCUT2D eigenvalue weighted by Gasteiger charge is 2.21. The van der Waals surface area contributed by atoms with Crippen LogP contribution >= 0.6 is 0 Å². The molecule has 1 aliphatic heterocycles. The number of nitrogens with zero attached hydrogens (tertiary/aromatic N) is 1. The predicted molar refractivity (Wildman–Crippen MR) is 151 cm³/mol. The van der Waals surface area contributed by atoms with Gasteiger partial charge in [0.25, 0.3) is 0 Å². The number of para-hydroxylation sites is 2. The van der Waals surface area contributed by atoms with Crippen molar-refractivity contribution in [2.45, 2.75) is 18.9 Å². The largest absolute Gasteiger partial charge is 0.480 e. The van der Waals surface area contributed by atoms with Gasteiger partial charge in [0, 0.05) is 41.0 Å². The van der Waals surface area contributed by atoms with E-state index in [1.807, 2.05) is 42.5 Å². The Hall–Kier alpha value is -4.82. The van der Waals surface area contributed by atoms with E-state index in [1.54, 1.807) is 36.4 Å². The molecule has 5 rings (SSSR count). The summed E-state index contributed by atoms with van der Waals surface area (Å²) < 4.78 is 0. The van der Waals surface area contributed by atoms with E-state index in [9.17, 15) is 14.7 Å². The van der Waals surface area contributed by atoms with Crippen molar-refractivity contribution >= 4 is 23.1 Å². The Labute approximate surface area is 222 Å². The van der Waals surface area contributed by atoms with Gasteiger partial charge in [0.15, 0.2) is 5.78 Å². The van der Waals surface area contributed by atoms with Gasteiger partial charge in [-0.25, -0.2) is 4.79 Å². The number of ketones is 1. The van der Waals surface area contributed by atoms with Crippen LogP contribution in [0.2, 0.25) is 0 Å². The van der Waals surface area contributed by atoms with E-state index >= 15 is 0 Å². The van der Waals surface area contributed by atoms with Crippen LogP contribution in [0.4, 0.5) is 11.4 Å². The van der Waals surface area contributed by atoms with Crippen LogP contribution in [0.1, 0.15) is 32.6 Å². The third kappa shape index (κ3) is 5.77. The van der Waals surface area contributed by atoms with Crippen LogP contribution in [-0.2, 0) is 17.6 Å². The van der Waals surface area contributed by atoms with Gasteiger partial charge < -0.3 is 15.3 Å². The first-order chi connectivity index (χ1) is 18.6. The monoisotopic (exact) mass is 500 g/mol. The number of carbonyl (C=O) groups excluding carboxylic acids is 1. The van der Waals surface area contributed by atoms with Crippen LogP contribution in [0.15, 0.2) is 103 Å². The Balaban J connectivity index is 1.24. The number of benzene rings is 4. The molecular weight excluding hydrogens is 472 g/mol. The molecule has 5 nitrogen and oxygen atoms in total. The number of aliphatic carboxylic acids is 1. The summed E-state index contributed by atoms with van der Waals surface area (Å²) in [5.41, 5.74) is 5.88. The number of nitrogens with one attached hydrogen (secondary N) is 1. The average Bonchev–Trinajstić information content (AvgIpc) is 3.37. The fourth-order valence-electron chi connectivity index (χ4n) is 4.71. The van der Waals surface area contributed by atoms with Gasteiger partial charge in [-0.15, -0.1) is 0 Å². The van der Waals surface area contributed by atoms with E-state index in [4.69, 9.17) is 0 Å². The maximum absolute atomic E-state index is 13.0. The smallest absolute Gasteiger partial charge is 0.326 e. The van der Waals surface area contributed by atoms with Crippen molar-refractivity contribution < 1.29 is 14.7 Å². The van der Waals surface area contributed by atoms with Gasteiger partial charge in [0.05, 0.1) is 6.54 Å². The third-order valence-corrected chi connectivity index (χ3v) is 6.72. The van der Waals surface area contributed by atoms with E-state index in [1.165, 1.54) is 11.3 Å². The van der Waals surface area contributed by atoms with E-state index < -0.39 is 12.0 Å². The molecule has 188 valence electrons. The molecular formula is C33H28N2O3. The van der Waals surface area contributed by atoms with Crippen molar-refractivity contribution in [3.05, 3.63) is 131 Å². The highest BCUT2D eigenvalue weighted by Crippen LogP contribution is 2.26. The fourth-order valence-corrected chi connectivity index (χ4v) is 4.71. The van der Waals surface area contributed by atoms with Gasteiger partial charge >= 0.3 is 5.97 Å². The number of hydrogen-bond acceptors (Lipinski definition) is 4. The zero-order valence-electron chi connectivity index (χ0n) is 20.9. The number of carboxylic acids is 1. The van der Waals surface area contributed by atoms with E-state index in [-0.39, 0.29) is 12.2 Å². The Morgan fingerprint density at radius 2 is 1.58 bits per heavy atom. The maximum atomic E-state index is 13.0. The molecule has 38 heavy (non-hydrogen) atoms. The summed E-state index contributed by atoms with van der Waals surface area (Å²) in [6.45, 7) is 1.65. The molecule has 1 atom stereocenters. The first-order valence-electron chi connectivity index (χ1n) is 12.7. The minimum absolute atomic E-state index is 0.154. The number of fused-ring (bicyclic) bond motifs is 1. The van der Waals surface area contributed by atoms with Crippen LogP contribution in [-0.4, -0.2) is 36.0 Å². The first kappa shape index (κ1) is 24.9. The Morgan fingerprint density at radius 3 is 2.37 bits per heavy atom. The molecule has 0 saturated carbocycles. The average molecular weight is 501 g/mol. The zero-order chi connectivity index (χ0) is 26.3. The Morgan fingerprint density at radius 1 is 0.868 bits per heavy atom. The molecule has 0 saturated heterocycles. The second kappa shape index (κ2) is 11.5. The first-order valence-corrected chi connectivity index (χ1v) is 12.7. The Kier molecular flexibility index (Phi) is 7.52. The molecule has 0 spiro atoms. The molecule has 0 fully saturated rings. The molecule has 1 heterocycles. The van der Waals surface area contributed by atoms with E-state index in [0.717, 1.165) is 24.1 Å². The summed E-state index contributed by atoms with van der Waals surface area (Å²) in [6, 6.07) is 31.2. The summed E-state index contributed by atoms with van der Waals surface area (Å²) in [7, 11) is 0. The molecule has 2 N–H and O–H groups in total. The highest BCUT2D eigenvalue weighted by molar-refractivity contribution is 6.12. The van der Waals surface area contributed by atoms with Gasteiger partial charge in [0.1, 0.15) is 6.04 Å². The topological polar surface area (TPSA) is 69.6 Å². The van der Waals surface area contributed by atoms with Crippen molar-refractivity contribution in [3.8, 4) is 11.8 Å². The summed E-state index contributed by atoms with van der Waals surface area (Å²) in [5, 5.41) is 13.0. The molecule has 1 aliphatic rings. The fraction of sp³-hybridized carbons (Fsp3) is 0.152. The second-order valence-electron chi connectivity index (χ2n) is 9.28. The van der Waals surface area contributed by atoms with Gasteiger partial charge in [-0.05, 0) is 47.9 Å². The Bertz CT molecular complexity index is 1500. The van der Waals surface area contributed by atoms with Gasteiger partial charge in [0.2, 0.25) is 0 Å². The van der Waals surface area contributed by atoms with Crippen molar-refractivity contribution in [1.82, 2.24) is 0 Å². The number of carbonyl (C=O) groups is 2. The van der Waals surface area contributed by atoms with Crippen molar-refractivity contribution in [2.24, 2.45) is 0 Å². The summed E-state index contributed by atoms with van der Waals surface area (Å²) in [4.78, 5) is 27.4. The van der Waals surface area contributed by atoms with Gasteiger partial charge in [-0.2, -0.15) is 0 Å². The molecule has 0 aromatic heterocycles. The lowest BCUT2D eigenvalue weighted by atomic mass is 10.00. The molecule has 4 aromatic rings. The molecule has 0 unspecified atom stereocenters. The zero-order valence-corrected chi connectivity index (χ0v) is 20.9. The van der Waals surface area contributed by atoms with Crippen molar-refractivity contribution in [3.63, 3.8) is 0 Å². The lowest BCUT2D eigenvalue weighted by Crippen LogP contribution is -2.32. The highest BCUT2D eigenvalue weighted by atomic mass is 16.4. The number of carboxylic acid groups (broad SMARTS) is 1. The van der Waals surface area contributed by atoms with Crippen molar-refractivity contribution in [2.75, 3.05) is 23.3 Å². The van der Waals surface area contributed by atoms with E-state index in [2.05, 4.69) is 46.3 Å². The molecule has 0 radical (unpaired) electrons. The lowest BCUT2D eigenvalue weighted by Gasteiger charge is -2.18. The number of anilines is 2. The molecule has 5 heteroatoms. The molecule has 0 bridgehead atoms. The van der Waals surface area contributed by atoms with Crippen LogP contribution in [0, 0.1) is 11.8 Å². The minimum Gasteiger partial charge on any atom is -0.480 e. The van der Waals surface area contributed by atoms with Crippen LogP contribution in [0.3, 0.4) is 0 Å². The summed E-state index contributed by atoms with van der Waals surface area (Å²) in [5.74, 6) is 5.34. The minimum atomic E-state index is -0.985. The standard InChI is InChI=1S/C33H28N2O3/c36-32(27-11-2-1-3-12-27)28-13-5-6-14-29(28)34-30(33(37)38)23-25-18-16-24(17-19-25)9-8-21-35-22-20-26-10-4-7-15-31(26)35/h1-7,10-19,30,34H,20-23H2,(H,37,38)/t30-/m0/s1. The molecule has 4 aromatic carbocycles. The maximum Gasteiger partial charge on any atom is 0.326 e. The van der Waals surface area contributed by atoms with Gasteiger partial charge in [-0.1, -0.05) is 84.6 Å². The van der Waals surface area contributed by atoms with Crippen LogP contribution < -0.4 is 10.2 Å². The number of rotatable bonds is 8. The number of hydrogen-bond donors (Lipinski definition) is 2. The van der Waals surface area contributed by atoms with Crippen molar-refractivity contribution in [1.29, 1.82) is 0 Å².